The third kappa shape index (κ3) is 4.47. The fraction of sp³-hybridized carbons (Fsp3) is 0.278. The van der Waals surface area contributed by atoms with E-state index in [4.69, 9.17) is 9.47 Å². The van der Waals surface area contributed by atoms with E-state index in [1.165, 1.54) is 12.1 Å². The first-order valence-electron chi connectivity index (χ1n) is 7.99. The highest BCUT2D eigenvalue weighted by molar-refractivity contribution is 5.94. The number of carbonyl (C=O) groups is 1. The molecule has 0 saturated carbocycles. The van der Waals surface area contributed by atoms with Gasteiger partial charge in [-0.1, -0.05) is 0 Å². The molecule has 0 bridgehead atoms. The van der Waals surface area contributed by atoms with Gasteiger partial charge in [0, 0.05) is 11.6 Å². The predicted octanol–water partition coefficient (Wildman–Crippen LogP) is 4.36. The summed E-state index contributed by atoms with van der Waals surface area (Å²) in [7, 11) is 0. The average molecular weight is 389 g/mol. The molecular formula is C18H16F5NO3. The molecule has 9 heteroatoms. The maximum Gasteiger partial charge on any atom is 0.229 e. The summed E-state index contributed by atoms with van der Waals surface area (Å²) < 4.78 is 77.7. The molecule has 0 fully saturated rings. The van der Waals surface area contributed by atoms with Gasteiger partial charge in [0.15, 0.2) is 23.3 Å². The van der Waals surface area contributed by atoms with Crippen molar-refractivity contribution in [2.75, 3.05) is 18.5 Å². The molecule has 1 N–H and O–H groups in total. The third-order valence-corrected chi connectivity index (χ3v) is 3.47. The number of benzene rings is 2. The van der Waals surface area contributed by atoms with Crippen LogP contribution in [0.2, 0.25) is 0 Å². The van der Waals surface area contributed by atoms with Crippen LogP contribution in [0.5, 0.6) is 11.5 Å². The second kappa shape index (κ2) is 8.70. The van der Waals surface area contributed by atoms with E-state index in [1.54, 1.807) is 19.9 Å². The van der Waals surface area contributed by atoms with Crippen molar-refractivity contribution < 1.29 is 36.2 Å². The van der Waals surface area contributed by atoms with Crippen molar-refractivity contribution in [3.8, 4) is 11.5 Å². The molecule has 2 aromatic rings. The number of rotatable bonds is 7. The molecule has 0 spiro atoms. The summed E-state index contributed by atoms with van der Waals surface area (Å²) in [5, 5.41) is 2.33. The van der Waals surface area contributed by atoms with Gasteiger partial charge in [0.1, 0.15) is 11.5 Å². The van der Waals surface area contributed by atoms with Crippen molar-refractivity contribution in [3.63, 3.8) is 0 Å². The highest BCUT2D eigenvalue weighted by Gasteiger charge is 2.27. The van der Waals surface area contributed by atoms with Crippen molar-refractivity contribution in [3.05, 3.63) is 52.8 Å². The van der Waals surface area contributed by atoms with Gasteiger partial charge >= 0.3 is 0 Å². The van der Waals surface area contributed by atoms with Gasteiger partial charge in [-0.3, -0.25) is 4.79 Å². The highest BCUT2D eigenvalue weighted by atomic mass is 19.2. The van der Waals surface area contributed by atoms with Crippen LogP contribution < -0.4 is 14.8 Å². The molecular weight excluding hydrogens is 373 g/mol. The Morgan fingerprint density at radius 2 is 1.44 bits per heavy atom. The van der Waals surface area contributed by atoms with Crippen molar-refractivity contribution in [1.29, 1.82) is 0 Å². The minimum atomic E-state index is -2.28. The molecule has 2 rings (SSSR count). The molecule has 0 aromatic heterocycles. The molecule has 0 unspecified atom stereocenters. The number of anilines is 1. The summed E-state index contributed by atoms with van der Waals surface area (Å²) in [6.07, 6.45) is -1.06. The maximum absolute atomic E-state index is 13.7. The van der Waals surface area contributed by atoms with Crippen LogP contribution in [0.4, 0.5) is 27.6 Å². The minimum Gasteiger partial charge on any atom is -0.494 e. The lowest BCUT2D eigenvalue weighted by Gasteiger charge is -2.14. The molecule has 146 valence electrons. The number of halogens is 5. The monoisotopic (exact) mass is 389 g/mol. The molecule has 0 aliphatic carbocycles. The first-order chi connectivity index (χ1) is 12.8. The van der Waals surface area contributed by atoms with Gasteiger partial charge in [0.25, 0.3) is 0 Å². The van der Waals surface area contributed by atoms with Crippen LogP contribution in [-0.4, -0.2) is 19.1 Å². The molecule has 0 heterocycles. The van der Waals surface area contributed by atoms with Gasteiger partial charge in [-0.25, -0.2) is 22.0 Å². The SMILES string of the molecule is CCOc1ccc(OCC)c(NC(=O)Cc2c(F)c(F)c(F)c(F)c2F)c1. The van der Waals surface area contributed by atoms with E-state index < -0.39 is 47.0 Å². The fourth-order valence-corrected chi connectivity index (χ4v) is 2.31. The fourth-order valence-electron chi connectivity index (χ4n) is 2.31. The molecule has 0 saturated heterocycles. The number of hydrogen-bond acceptors (Lipinski definition) is 3. The van der Waals surface area contributed by atoms with Crippen molar-refractivity contribution >= 4 is 11.6 Å². The largest absolute Gasteiger partial charge is 0.494 e. The normalized spacial score (nSPS) is 10.6. The van der Waals surface area contributed by atoms with Crippen molar-refractivity contribution in [1.82, 2.24) is 0 Å². The molecule has 1 amide bonds. The summed E-state index contributed by atoms with van der Waals surface area (Å²) in [5.41, 5.74) is -1.08. The van der Waals surface area contributed by atoms with Crippen molar-refractivity contribution in [2.45, 2.75) is 20.3 Å². The van der Waals surface area contributed by atoms with E-state index >= 15 is 0 Å². The second-order valence-electron chi connectivity index (χ2n) is 5.30. The Balaban J connectivity index is 2.30. The number of amides is 1. The Kier molecular flexibility index (Phi) is 6.59. The van der Waals surface area contributed by atoms with Crippen LogP contribution in [0.15, 0.2) is 18.2 Å². The third-order valence-electron chi connectivity index (χ3n) is 3.47. The maximum atomic E-state index is 13.7. The second-order valence-corrected chi connectivity index (χ2v) is 5.30. The van der Waals surface area contributed by atoms with Gasteiger partial charge in [-0.2, -0.15) is 0 Å². The van der Waals surface area contributed by atoms with Crippen LogP contribution in [0, 0.1) is 29.1 Å². The molecule has 0 aliphatic rings. The van der Waals surface area contributed by atoms with Crippen LogP contribution >= 0.6 is 0 Å². The lowest BCUT2D eigenvalue weighted by Crippen LogP contribution is -2.19. The molecule has 0 radical (unpaired) electrons. The smallest absolute Gasteiger partial charge is 0.229 e. The van der Waals surface area contributed by atoms with Crippen LogP contribution in [0.3, 0.4) is 0 Å². The van der Waals surface area contributed by atoms with E-state index in [9.17, 15) is 26.7 Å². The van der Waals surface area contributed by atoms with Gasteiger partial charge in [-0.05, 0) is 26.0 Å². The zero-order valence-electron chi connectivity index (χ0n) is 14.5. The molecule has 27 heavy (non-hydrogen) atoms. The Morgan fingerprint density at radius 3 is 2.00 bits per heavy atom. The lowest BCUT2D eigenvalue weighted by molar-refractivity contribution is -0.115. The van der Waals surface area contributed by atoms with Crippen LogP contribution in [0.1, 0.15) is 19.4 Å². The van der Waals surface area contributed by atoms with Gasteiger partial charge in [-0.15, -0.1) is 0 Å². The van der Waals surface area contributed by atoms with Crippen LogP contribution in [0.25, 0.3) is 0 Å². The predicted molar refractivity (Wildman–Crippen MR) is 87.3 cm³/mol. The zero-order chi connectivity index (χ0) is 20.1. The zero-order valence-corrected chi connectivity index (χ0v) is 14.5. The summed E-state index contributed by atoms with van der Waals surface area (Å²) in [6.45, 7) is 4.08. The molecule has 0 atom stereocenters. The Labute approximate surface area is 151 Å². The molecule has 4 nitrogen and oxygen atoms in total. The number of ether oxygens (including phenoxy) is 2. The van der Waals surface area contributed by atoms with Crippen LogP contribution in [-0.2, 0) is 11.2 Å². The summed E-state index contributed by atoms with van der Waals surface area (Å²) in [4.78, 5) is 12.1. The first kappa shape index (κ1) is 20.5. The van der Waals surface area contributed by atoms with Gasteiger partial charge < -0.3 is 14.8 Å². The van der Waals surface area contributed by atoms with E-state index in [-0.39, 0.29) is 18.0 Å². The number of hydrogen-bond donors (Lipinski definition) is 1. The minimum absolute atomic E-state index is 0.136. The average Bonchev–Trinajstić information content (AvgIpc) is 2.64. The van der Waals surface area contributed by atoms with Gasteiger partial charge in [0.2, 0.25) is 11.7 Å². The van der Waals surface area contributed by atoms with Crippen molar-refractivity contribution in [2.24, 2.45) is 0 Å². The van der Waals surface area contributed by atoms with Gasteiger partial charge in [0.05, 0.1) is 25.3 Å². The summed E-state index contributed by atoms with van der Waals surface area (Å²) in [5.74, 6) is -10.9. The van der Waals surface area contributed by atoms with E-state index in [2.05, 4.69) is 5.32 Å². The topological polar surface area (TPSA) is 47.6 Å². The van der Waals surface area contributed by atoms with E-state index in [0.29, 0.717) is 12.4 Å². The standard InChI is InChI=1S/C18H16F5NO3/c1-3-26-9-5-6-12(27-4-2)11(7-9)24-13(25)8-10-14(19)16(21)18(23)17(22)15(10)20/h5-7H,3-4,8H2,1-2H3,(H,24,25). The first-order valence-corrected chi connectivity index (χ1v) is 7.99. The Hall–Kier alpha value is -2.84. The molecule has 2 aromatic carbocycles. The summed E-state index contributed by atoms with van der Waals surface area (Å²) >= 11 is 0. The van der Waals surface area contributed by atoms with E-state index in [1.807, 2.05) is 0 Å². The number of nitrogens with one attached hydrogen (secondary N) is 1. The quantitative estimate of drug-likeness (QED) is 0.435. The highest BCUT2D eigenvalue weighted by Crippen LogP contribution is 2.30. The van der Waals surface area contributed by atoms with E-state index in [0.717, 1.165) is 0 Å². The lowest BCUT2D eigenvalue weighted by atomic mass is 10.1. The Bertz CT molecular complexity index is 828. The summed E-state index contributed by atoms with van der Waals surface area (Å²) in [6, 6.07) is 4.53. The Morgan fingerprint density at radius 1 is 0.889 bits per heavy atom. The number of carbonyl (C=O) groups excluding carboxylic acids is 1. The molecule has 0 aliphatic heterocycles.